The minimum absolute atomic E-state index is 0.0329. The van der Waals surface area contributed by atoms with Crippen molar-refractivity contribution >= 4 is 46.3 Å². The highest BCUT2D eigenvalue weighted by atomic mass is 35.5. The summed E-state index contributed by atoms with van der Waals surface area (Å²) < 4.78 is 62.7. The summed E-state index contributed by atoms with van der Waals surface area (Å²) in [6.07, 6.45) is 2.33. The molecule has 37 heavy (non-hydrogen) atoms. The highest BCUT2D eigenvalue weighted by Crippen LogP contribution is 2.34. The van der Waals surface area contributed by atoms with Crippen molar-refractivity contribution < 1.29 is 22.5 Å². The number of hydrogen-bond acceptors (Lipinski definition) is 9. The van der Waals surface area contributed by atoms with E-state index in [9.17, 15) is 22.5 Å². The Balaban J connectivity index is 1.37. The number of nitrogens with zero attached hydrogens (tertiary/aromatic N) is 5. The molecule has 2 unspecified atom stereocenters. The number of nitrogens with one attached hydrogen (secondary N) is 1. The minimum Gasteiger partial charge on any atom is -0.616 e. The monoisotopic (exact) mass is 576 g/mol. The lowest BCUT2D eigenvalue weighted by atomic mass is 10.1. The molecule has 0 saturated carbocycles. The van der Waals surface area contributed by atoms with Crippen molar-refractivity contribution in [2.24, 2.45) is 0 Å². The number of alkyl halides is 2. The van der Waals surface area contributed by atoms with Gasteiger partial charge in [-0.2, -0.15) is 19.1 Å². The van der Waals surface area contributed by atoms with Crippen LogP contribution in [0.2, 0.25) is 5.02 Å². The Bertz CT molecular complexity index is 1200. The molecule has 1 aromatic carbocycles. The lowest BCUT2D eigenvalue weighted by molar-refractivity contribution is 0.139. The molecule has 0 bridgehead atoms. The molecule has 0 radical (unpaired) electrons. The van der Waals surface area contributed by atoms with Gasteiger partial charge < -0.3 is 14.6 Å². The predicted octanol–water partition coefficient (Wildman–Crippen LogP) is 3.40. The van der Waals surface area contributed by atoms with E-state index in [1.165, 1.54) is 16.9 Å². The van der Waals surface area contributed by atoms with Gasteiger partial charge >= 0.3 is 6.55 Å². The van der Waals surface area contributed by atoms with E-state index in [1.807, 2.05) is 0 Å². The first-order chi connectivity index (χ1) is 17.8. The van der Waals surface area contributed by atoms with Crippen LogP contribution in [0.25, 0.3) is 0 Å². The summed E-state index contributed by atoms with van der Waals surface area (Å²) in [6, 6.07) is 4.83. The van der Waals surface area contributed by atoms with Crippen molar-refractivity contribution in [2.45, 2.75) is 30.7 Å². The summed E-state index contributed by atoms with van der Waals surface area (Å²) in [5, 5.41) is 15.9. The van der Waals surface area contributed by atoms with Crippen LogP contribution in [0.1, 0.15) is 24.4 Å². The van der Waals surface area contributed by atoms with Crippen LogP contribution in [0.4, 0.5) is 24.5 Å². The number of rotatable bonds is 8. The maximum absolute atomic E-state index is 14.3. The smallest absolute Gasteiger partial charge is 0.325 e. The van der Waals surface area contributed by atoms with Crippen molar-refractivity contribution in [1.82, 2.24) is 14.1 Å². The first-order valence-corrected chi connectivity index (χ1v) is 13.9. The van der Waals surface area contributed by atoms with Gasteiger partial charge in [-0.15, -0.1) is 0 Å². The summed E-state index contributed by atoms with van der Waals surface area (Å²) in [6.45, 7) is -1.14. The average molecular weight is 577 g/mol. The number of nitriles is 1. The van der Waals surface area contributed by atoms with Crippen LogP contribution in [0, 0.1) is 17.1 Å². The standard InChI is InChI=1S/C22H24ClF3N6O3S2/c23-20-18(28-11-16-13-35-7-8-37(16)34)12-29-31(21(20)33)15-3-5-30(6-4-15)36-32(22(25)26)19-2-1-14(10-27)9-17(19)24/h1-2,9,12,15-16,22,28H,3-8,11,13H2. The lowest BCUT2D eigenvalue weighted by Crippen LogP contribution is -2.41. The maximum atomic E-state index is 14.3. The van der Waals surface area contributed by atoms with Gasteiger partial charge in [-0.05, 0) is 42.2 Å². The minimum atomic E-state index is -2.98. The van der Waals surface area contributed by atoms with Crippen molar-refractivity contribution in [3.05, 3.63) is 51.2 Å². The molecule has 1 aromatic heterocycles. The second kappa shape index (κ2) is 12.6. The number of halogens is 4. The number of aromatic nitrogens is 2. The SMILES string of the molecule is N#Cc1ccc(N(SN2CCC(n3ncc(NCC4COCC[S+]4[O-])c(Cl)c3=O)CC2)C(F)F)c(F)c1. The van der Waals surface area contributed by atoms with Crippen LogP contribution in [0.3, 0.4) is 0 Å². The lowest BCUT2D eigenvalue weighted by Gasteiger charge is -2.34. The molecule has 2 aromatic rings. The summed E-state index contributed by atoms with van der Waals surface area (Å²) >= 11 is 5.98. The van der Waals surface area contributed by atoms with E-state index in [0.29, 0.717) is 73.6 Å². The number of benzene rings is 1. The zero-order valence-electron chi connectivity index (χ0n) is 19.5. The summed E-state index contributed by atoms with van der Waals surface area (Å²) in [5.74, 6) is -0.447. The number of anilines is 2. The fourth-order valence-corrected chi connectivity index (χ4v) is 6.30. The Labute approximate surface area is 223 Å². The molecule has 9 nitrogen and oxygen atoms in total. The molecule has 2 aliphatic heterocycles. The molecule has 2 fully saturated rings. The molecule has 15 heteroatoms. The maximum Gasteiger partial charge on any atom is 0.325 e. The van der Waals surface area contributed by atoms with Crippen LogP contribution in [0.5, 0.6) is 0 Å². The summed E-state index contributed by atoms with van der Waals surface area (Å²) in [7, 11) is 0. The van der Waals surface area contributed by atoms with Gasteiger partial charge in [-0.1, -0.05) is 11.6 Å². The van der Waals surface area contributed by atoms with E-state index < -0.39 is 29.1 Å². The Kier molecular flexibility index (Phi) is 9.49. The van der Waals surface area contributed by atoms with E-state index >= 15 is 0 Å². The van der Waals surface area contributed by atoms with E-state index in [2.05, 4.69) is 10.4 Å². The van der Waals surface area contributed by atoms with Crippen molar-refractivity contribution in [1.29, 1.82) is 5.26 Å². The predicted molar refractivity (Wildman–Crippen MR) is 137 cm³/mol. The summed E-state index contributed by atoms with van der Waals surface area (Å²) in [4.78, 5) is 12.9. The van der Waals surface area contributed by atoms with Gasteiger partial charge in [0.25, 0.3) is 5.56 Å². The molecule has 0 amide bonds. The molecular formula is C22H24ClF3N6O3S2. The zero-order valence-corrected chi connectivity index (χ0v) is 21.9. The Morgan fingerprint density at radius 2 is 2.16 bits per heavy atom. The van der Waals surface area contributed by atoms with Crippen LogP contribution < -0.4 is 15.2 Å². The third-order valence-electron chi connectivity index (χ3n) is 6.03. The first-order valence-electron chi connectivity index (χ1n) is 11.4. The second-order valence-corrected chi connectivity index (χ2v) is 11.7. The number of hydrogen-bond donors (Lipinski definition) is 1. The average Bonchev–Trinajstić information content (AvgIpc) is 2.89. The van der Waals surface area contributed by atoms with Gasteiger partial charge in [0, 0.05) is 25.2 Å². The molecule has 200 valence electrons. The van der Waals surface area contributed by atoms with E-state index in [1.54, 1.807) is 10.4 Å². The Hall–Kier alpha value is -2.15. The van der Waals surface area contributed by atoms with Crippen molar-refractivity contribution in [2.75, 3.05) is 48.2 Å². The quantitative estimate of drug-likeness (QED) is 0.287. The molecule has 3 heterocycles. The van der Waals surface area contributed by atoms with Crippen LogP contribution in [-0.4, -0.2) is 69.0 Å². The first kappa shape index (κ1) is 27.9. The third kappa shape index (κ3) is 6.65. The van der Waals surface area contributed by atoms with Gasteiger partial charge in [-0.25, -0.2) is 17.7 Å². The fourth-order valence-electron chi connectivity index (χ4n) is 4.03. The summed E-state index contributed by atoms with van der Waals surface area (Å²) in [5.41, 5.74) is -0.419. The molecule has 1 N–H and O–H groups in total. The highest BCUT2D eigenvalue weighted by Gasteiger charge is 2.30. The second-order valence-electron chi connectivity index (χ2n) is 8.41. The van der Waals surface area contributed by atoms with Gasteiger partial charge in [0.05, 0.1) is 55.0 Å². The van der Waals surface area contributed by atoms with E-state index in [4.69, 9.17) is 21.6 Å². The van der Waals surface area contributed by atoms with E-state index in [-0.39, 0.29) is 27.6 Å². The highest BCUT2D eigenvalue weighted by molar-refractivity contribution is 7.98. The normalized spacial score (nSPS) is 21.1. The third-order valence-corrected chi connectivity index (χ3v) is 9.14. The largest absolute Gasteiger partial charge is 0.616 e. The molecule has 0 aliphatic carbocycles. The van der Waals surface area contributed by atoms with E-state index in [0.717, 1.165) is 12.1 Å². The number of piperidine rings is 1. The molecule has 4 rings (SSSR count). The molecular weight excluding hydrogens is 553 g/mol. The number of ether oxygens (including phenoxy) is 1. The topological polar surface area (TPSA) is 109 Å². The van der Waals surface area contributed by atoms with Crippen molar-refractivity contribution in [3.63, 3.8) is 0 Å². The van der Waals surface area contributed by atoms with Gasteiger partial charge in [0.2, 0.25) is 0 Å². The molecule has 2 atom stereocenters. The zero-order chi connectivity index (χ0) is 26.5. The van der Waals surface area contributed by atoms with Gasteiger partial charge in [0.1, 0.15) is 16.6 Å². The fraction of sp³-hybridized carbons (Fsp3) is 0.500. The van der Waals surface area contributed by atoms with Crippen molar-refractivity contribution in [3.8, 4) is 6.07 Å². The molecule has 2 aliphatic rings. The van der Waals surface area contributed by atoms with Gasteiger partial charge in [-0.3, -0.25) is 4.79 Å². The Morgan fingerprint density at radius 3 is 2.81 bits per heavy atom. The van der Waals surface area contributed by atoms with Crippen LogP contribution in [0.15, 0.2) is 29.2 Å². The van der Waals surface area contributed by atoms with Crippen LogP contribution >= 0.6 is 23.7 Å². The van der Waals surface area contributed by atoms with Gasteiger partial charge in [0.15, 0.2) is 5.25 Å². The Morgan fingerprint density at radius 1 is 1.41 bits per heavy atom. The van der Waals surface area contributed by atoms with Crippen LogP contribution in [-0.2, 0) is 15.9 Å². The molecule has 0 spiro atoms. The molecule has 2 saturated heterocycles.